The van der Waals surface area contributed by atoms with Gasteiger partial charge in [-0.3, -0.25) is 14.7 Å². The van der Waals surface area contributed by atoms with Crippen LogP contribution in [0.5, 0.6) is 0 Å². The number of carbonyl (C=O) groups excluding carboxylic acids is 1. The van der Waals surface area contributed by atoms with Crippen molar-refractivity contribution in [3.05, 3.63) is 46.7 Å². The van der Waals surface area contributed by atoms with Crippen molar-refractivity contribution in [1.82, 2.24) is 19.8 Å². The number of nitrogens with zero attached hydrogens (tertiary/aromatic N) is 4. The molecule has 2 aliphatic heterocycles. The van der Waals surface area contributed by atoms with Gasteiger partial charge in [0, 0.05) is 56.1 Å². The van der Waals surface area contributed by atoms with E-state index in [1.807, 2.05) is 23.8 Å². The second kappa shape index (κ2) is 6.96. The number of ether oxygens (including phenoxy) is 1. The molecule has 5 rings (SSSR count). The van der Waals surface area contributed by atoms with Gasteiger partial charge in [-0.15, -0.1) is 11.3 Å². The molecule has 1 spiro atoms. The van der Waals surface area contributed by atoms with E-state index in [-0.39, 0.29) is 11.8 Å². The van der Waals surface area contributed by atoms with E-state index >= 15 is 0 Å². The van der Waals surface area contributed by atoms with Crippen LogP contribution in [0, 0.1) is 5.92 Å². The Kier molecular flexibility index (Phi) is 4.46. The minimum atomic E-state index is -0.798. The van der Waals surface area contributed by atoms with Gasteiger partial charge in [0.15, 0.2) is 5.60 Å². The quantitative estimate of drug-likeness (QED) is 0.791. The van der Waals surface area contributed by atoms with Gasteiger partial charge in [-0.25, -0.2) is 4.98 Å². The van der Waals surface area contributed by atoms with Crippen LogP contribution in [-0.2, 0) is 16.1 Å². The van der Waals surface area contributed by atoms with Crippen molar-refractivity contribution in [3.63, 3.8) is 0 Å². The van der Waals surface area contributed by atoms with E-state index < -0.39 is 5.60 Å². The first-order valence-electron chi connectivity index (χ1n) is 9.68. The molecular weight excluding hydrogens is 360 g/mol. The van der Waals surface area contributed by atoms with Gasteiger partial charge in [0.2, 0.25) is 0 Å². The number of rotatable bonds is 5. The van der Waals surface area contributed by atoms with E-state index in [1.54, 1.807) is 17.5 Å². The largest absolute Gasteiger partial charge is 0.361 e. The lowest BCUT2D eigenvalue weighted by molar-refractivity contribution is -0.172. The zero-order valence-corrected chi connectivity index (χ0v) is 16.1. The lowest BCUT2D eigenvalue weighted by Crippen LogP contribution is -2.60. The molecule has 2 atom stereocenters. The molecule has 1 aliphatic carbocycles. The van der Waals surface area contributed by atoms with Crippen molar-refractivity contribution in [2.45, 2.75) is 30.9 Å². The summed E-state index contributed by atoms with van der Waals surface area (Å²) in [6, 6.07) is 4.02. The molecule has 6 nitrogen and oxygen atoms in total. The van der Waals surface area contributed by atoms with Crippen LogP contribution in [0.2, 0.25) is 0 Å². The summed E-state index contributed by atoms with van der Waals surface area (Å²) in [6.45, 7) is 4.37. The van der Waals surface area contributed by atoms with Crippen molar-refractivity contribution < 1.29 is 9.53 Å². The average molecular weight is 385 g/mol. The summed E-state index contributed by atoms with van der Waals surface area (Å²) in [5, 5.41) is 3.08. The van der Waals surface area contributed by atoms with Crippen molar-refractivity contribution >= 4 is 17.2 Å². The van der Waals surface area contributed by atoms with E-state index in [9.17, 15) is 4.79 Å². The Morgan fingerprint density at radius 1 is 1.33 bits per heavy atom. The Morgan fingerprint density at radius 2 is 2.26 bits per heavy atom. The van der Waals surface area contributed by atoms with Crippen LogP contribution in [0.25, 0.3) is 0 Å². The summed E-state index contributed by atoms with van der Waals surface area (Å²) >= 11 is 1.66. The minimum absolute atomic E-state index is 0.000616. The molecular formula is C20H24N4O2S. The van der Waals surface area contributed by atoms with Gasteiger partial charge in [0.1, 0.15) is 5.01 Å². The fourth-order valence-corrected chi connectivity index (χ4v) is 5.09. The van der Waals surface area contributed by atoms with Crippen LogP contribution < -0.4 is 0 Å². The second-order valence-electron chi connectivity index (χ2n) is 7.87. The highest BCUT2D eigenvalue weighted by Crippen LogP contribution is 2.43. The molecule has 7 heteroatoms. The Hall–Kier alpha value is -1.83. The molecule has 1 saturated carbocycles. The number of likely N-dealkylation sites (tertiary alicyclic amines) is 1. The maximum Gasteiger partial charge on any atom is 0.256 e. The summed E-state index contributed by atoms with van der Waals surface area (Å²) in [7, 11) is 0. The fourth-order valence-electron chi connectivity index (χ4n) is 4.43. The number of aromatic nitrogens is 2. The van der Waals surface area contributed by atoms with E-state index in [0.29, 0.717) is 25.6 Å². The zero-order valence-electron chi connectivity index (χ0n) is 15.3. The summed E-state index contributed by atoms with van der Waals surface area (Å²) in [6.07, 6.45) is 8.00. The predicted octanol–water partition coefficient (Wildman–Crippen LogP) is 2.15. The van der Waals surface area contributed by atoms with Crippen molar-refractivity contribution in [2.75, 3.05) is 32.8 Å². The molecule has 0 unspecified atom stereocenters. The summed E-state index contributed by atoms with van der Waals surface area (Å²) in [5.74, 6) is 0.852. The molecule has 142 valence electrons. The van der Waals surface area contributed by atoms with E-state index in [1.165, 1.54) is 12.8 Å². The predicted molar refractivity (Wildman–Crippen MR) is 102 cm³/mol. The Labute approximate surface area is 163 Å². The molecule has 0 radical (unpaired) electrons. The third kappa shape index (κ3) is 3.28. The molecule has 2 aromatic rings. The second-order valence-corrected chi connectivity index (χ2v) is 8.85. The van der Waals surface area contributed by atoms with Gasteiger partial charge in [-0.1, -0.05) is 6.07 Å². The van der Waals surface area contributed by atoms with Gasteiger partial charge >= 0.3 is 0 Å². The molecule has 0 N–H and O–H groups in total. The van der Waals surface area contributed by atoms with Crippen molar-refractivity contribution in [1.29, 1.82) is 0 Å². The average Bonchev–Trinajstić information content (AvgIpc) is 3.22. The monoisotopic (exact) mass is 384 g/mol. The summed E-state index contributed by atoms with van der Waals surface area (Å²) in [4.78, 5) is 26.7. The van der Waals surface area contributed by atoms with Crippen LogP contribution >= 0.6 is 11.3 Å². The summed E-state index contributed by atoms with van der Waals surface area (Å²) in [5.41, 5.74) is 0.286. The van der Waals surface area contributed by atoms with Crippen molar-refractivity contribution in [3.8, 4) is 0 Å². The lowest BCUT2D eigenvalue weighted by atomic mass is 9.83. The maximum absolute atomic E-state index is 13.6. The first kappa shape index (κ1) is 17.3. The molecule has 27 heavy (non-hydrogen) atoms. The zero-order chi connectivity index (χ0) is 18.3. The first-order valence-corrected chi connectivity index (χ1v) is 10.6. The van der Waals surface area contributed by atoms with E-state index in [2.05, 4.69) is 25.8 Å². The number of thiazole rings is 1. The number of hydrogen-bond donors (Lipinski definition) is 0. The first-order chi connectivity index (χ1) is 13.2. The molecule has 0 bridgehead atoms. The molecule has 3 aliphatic rings. The number of carbonyl (C=O) groups is 1. The maximum atomic E-state index is 13.6. The molecule has 2 aromatic heterocycles. The van der Waals surface area contributed by atoms with Crippen LogP contribution in [0.15, 0.2) is 36.1 Å². The number of morpholine rings is 1. The van der Waals surface area contributed by atoms with Crippen LogP contribution in [0.3, 0.4) is 0 Å². The Morgan fingerprint density at radius 3 is 3.00 bits per heavy atom. The van der Waals surface area contributed by atoms with Crippen LogP contribution in [0.4, 0.5) is 0 Å². The third-order valence-corrected chi connectivity index (χ3v) is 6.70. The SMILES string of the molecule is O=C1N(CC2CC2)CCO[C@@]12CN(Cc1nccs1)C[C@H]2c1cccnc1. The normalized spacial score (nSPS) is 29.0. The molecule has 4 heterocycles. The smallest absolute Gasteiger partial charge is 0.256 e. The molecule has 2 saturated heterocycles. The van der Waals surface area contributed by atoms with Crippen LogP contribution in [-0.4, -0.2) is 64.1 Å². The topological polar surface area (TPSA) is 58.6 Å². The highest BCUT2D eigenvalue weighted by molar-refractivity contribution is 7.09. The molecule has 0 aromatic carbocycles. The van der Waals surface area contributed by atoms with E-state index in [4.69, 9.17) is 4.74 Å². The Bertz CT molecular complexity index is 796. The standard InChI is InChI=1S/C20H24N4O2S/c25-19-20(26-8-7-24(19)11-15-3-4-15)14-23(13-18-22-6-9-27-18)12-17(20)16-2-1-5-21-10-16/h1-2,5-6,9-10,15,17H,3-4,7-8,11-14H2/t17-,20+/m0/s1. The van der Waals surface area contributed by atoms with E-state index in [0.717, 1.165) is 30.2 Å². The number of amides is 1. The van der Waals surface area contributed by atoms with Crippen LogP contribution in [0.1, 0.15) is 29.3 Å². The number of pyridine rings is 1. The number of hydrogen-bond acceptors (Lipinski definition) is 6. The van der Waals surface area contributed by atoms with Gasteiger partial charge < -0.3 is 9.64 Å². The van der Waals surface area contributed by atoms with Gasteiger partial charge in [0.05, 0.1) is 13.2 Å². The molecule has 3 fully saturated rings. The minimum Gasteiger partial charge on any atom is -0.361 e. The third-order valence-electron chi connectivity index (χ3n) is 5.94. The highest BCUT2D eigenvalue weighted by Gasteiger charge is 2.57. The van der Waals surface area contributed by atoms with Gasteiger partial charge in [0.25, 0.3) is 5.91 Å². The lowest BCUT2D eigenvalue weighted by Gasteiger charge is -2.42. The van der Waals surface area contributed by atoms with Crippen molar-refractivity contribution in [2.24, 2.45) is 5.92 Å². The van der Waals surface area contributed by atoms with Gasteiger partial charge in [-0.2, -0.15) is 0 Å². The fraction of sp³-hybridized carbons (Fsp3) is 0.550. The highest BCUT2D eigenvalue weighted by atomic mass is 32.1. The Balaban J connectivity index is 1.45. The van der Waals surface area contributed by atoms with Gasteiger partial charge in [-0.05, 0) is 30.4 Å². The molecule has 1 amide bonds. The summed E-state index contributed by atoms with van der Waals surface area (Å²) < 4.78 is 6.31.